The molecule has 2 amide bonds. The van der Waals surface area contributed by atoms with Gasteiger partial charge in [-0.05, 0) is 36.1 Å². The van der Waals surface area contributed by atoms with Crippen LogP contribution in [-0.4, -0.2) is 32.8 Å². The molecule has 31 heavy (non-hydrogen) atoms. The van der Waals surface area contributed by atoms with Gasteiger partial charge < -0.3 is 22.1 Å². The summed E-state index contributed by atoms with van der Waals surface area (Å²) in [5, 5.41) is 6.06. The maximum atomic E-state index is 11.9. The van der Waals surface area contributed by atoms with Crippen LogP contribution in [0.2, 0.25) is 0 Å². The standard InChI is InChI=1S/C22H25N7O2/c1-13(2)9-18(20(24)31)28-22-26-12-17(19(23)30)21(29-22)27-16-7-3-5-14(10-16)15-6-4-8-25-11-15/h3-8,10-13,18H,9H2,1-2H3,(H2,23,30)(H2,24,31)(H2,26,27,28,29). The summed E-state index contributed by atoms with van der Waals surface area (Å²) in [6.07, 6.45) is 5.31. The number of hydrogen-bond acceptors (Lipinski definition) is 7. The average Bonchev–Trinajstić information content (AvgIpc) is 2.74. The first-order chi connectivity index (χ1) is 14.8. The number of aromatic nitrogens is 3. The van der Waals surface area contributed by atoms with E-state index in [-0.39, 0.29) is 23.2 Å². The van der Waals surface area contributed by atoms with E-state index < -0.39 is 17.9 Å². The van der Waals surface area contributed by atoms with E-state index >= 15 is 0 Å². The molecule has 9 heteroatoms. The highest BCUT2D eigenvalue weighted by Crippen LogP contribution is 2.25. The normalized spacial score (nSPS) is 11.7. The SMILES string of the molecule is CC(C)CC(Nc1ncc(C(N)=O)c(Nc2cccc(-c3cccnc3)c2)n1)C(N)=O. The zero-order valence-electron chi connectivity index (χ0n) is 17.4. The molecule has 9 nitrogen and oxygen atoms in total. The van der Waals surface area contributed by atoms with E-state index in [0.29, 0.717) is 12.1 Å². The lowest BCUT2D eigenvalue weighted by atomic mass is 10.0. The number of carbonyl (C=O) groups excluding carboxylic acids is 2. The smallest absolute Gasteiger partial charge is 0.254 e. The highest BCUT2D eigenvalue weighted by atomic mass is 16.1. The third-order valence-electron chi connectivity index (χ3n) is 4.53. The molecule has 6 N–H and O–H groups in total. The summed E-state index contributed by atoms with van der Waals surface area (Å²) in [6.45, 7) is 3.97. The van der Waals surface area contributed by atoms with E-state index in [1.807, 2.05) is 50.2 Å². The maximum Gasteiger partial charge on any atom is 0.254 e. The molecule has 2 heterocycles. The molecule has 0 bridgehead atoms. The molecule has 1 atom stereocenters. The Morgan fingerprint density at radius 3 is 2.48 bits per heavy atom. The Hall–Kier alpha value is -4.01. The summed E-state index contributed by atoms with van der Waals surface area (Å²) in [5.41, 5.74) is 13.7. The molecule has 0 spiro atoms. The number of nitrogens with zero attached hydrogens (tertiary/aromatic N) is 3. The van der Waals surface area contributed by atoms with Gasteiger partial charge in [-0.15, -0.1) is 0 Å². The molecule has 0 aliphatic carbocycles. The second-order valence-corrected chi connectivity index (χ2v) is 7.50. The van der Waals surface area contributed by atoms with Crippen molar-refractivity contribution in [2.24, 2.45) is 17.4 Å². The molecule has 0 aliphatic rings. The third-order valence-corrected chi connectivity index (χ3v) is 4.53. The summed E-state index contributed by atoms with van der Waals surface area (Å²) in [4.78, 5) is 36.3. The number of hydrogen-bond donors (Lipinski definition) is 4. The van der Waals surface area contributed by atoms with Crippen molar-refractivity contribution in [3.8, 4) is 11.1 Å². The minimum Gasteiger partial charge on any atom is -0.368 e. The zero-order valence-corrected chi connectivity index (χ0v) is 17.4. The van der Waals surface area contributed by atoms with Gasteiger partial charge in [-0.3, -0.25) is 14.6 Å². The second kappa shape index (κ2) is 9.66. The predicted molar refractivity (Wildman–Crippen MR) is 120 cm³/mol. The van der Waals surface area contributed by atoms with Crippen LogP contribution in [0.3, 0.4) is 0 Å². The largest absolute Gasteiger partial charge is 0.368 e. The van der Waals surface area contributed by atoms with Crippen LogP contribution in [0.25, 0.3) is 11.1 Å². The fourth-order valence-corrected chi connectivity index (χ4v) is 3.05. The van der Waals surface area contributed by atoms with Crippen molar-refractivity contribution < 1.29 is 9.59 Å². The lowest BCUT2D eigenvalue weighted by molar-refractivity contribution is -0.119. The number of amides is 2. The van der Waals surface area contributed by atoms with Crippen molar-refractivity contribution in [3.63, 3.8) is 0 Å². The molecular formula is C22H25N7O2. The number of nitrogens with two attached hydrogens (primary N) is 2. The first-order valence-corrected chi connectivity index (χ1v) is 9.83. The minimum atomic E-state index is -0.675. The first kappa shape index (κ1) is 21.7. The summed E-state index contributed by atoms with van der Waals surface area (Å²) >= 11 is 0. The zero-order chi connectivity index (χ0) is 22.4. The summed E-state index contributed by atoms with van der Waals surface area (Å²) in [5.74, 6) is -0.551. The van der Waals surface area contributed by atoms with Gasteiger partial charge in [0.15, 0.2) is 0 Å². The van der Waals surface area contributed by atoms with Crippen LogP contribution in [-0.2, 0) is 4.79 Å². The second-order valence-electron chi connectivity index (χ2n) is 7.50. The summed E-state index contributed by atoms with van der Waals surface area (Å²) in [6, 6.07) is 10.7. The fraction of sp³-hybridized carbons (Fsp3) is 0.227. The minimum absolute atomic E-state index is 0.122. The average molecular weight is 419 g/mol. The van der Waals surface area contributed by atoms with Crippen LogP contribution in [0.15, 0.2) is 55.0 Å². The van der Waals surface area contributed by atoms with Crippen molar-refractivity contribution in [1.82, 2.24) is 15.0 Å². The number of benzene rings is 1. The van der Waals surface area contributed by atoms with Crippen molar-refractivity contribution in [2.45, 2.75) is 26.3 Å². The molecule has 0 radical (unpaired) electrons. The summed E-state index contributed by atoms with van der Waals surface area (Å²) < 4.78 is 0. The van der Waals surface area contributed by atoms with Gasteiger partial charge in [-0.1, -0.05) is 32.0 Å². The van der Waals surface area contributed by atoms with E-state index in [4.69, 9.17) is 11.5 Å². The molecule has 2 aromatic heterocycles. The number of pyridine rings is 1. The molecule has 0 aliphatic heterocycles. The van der Waals surface area contributed by atoms with Gasteiger partial charge in [0.2, 0.25) is 11.9 Å². The maximum absolute atomic E-state index is 11.9. The molecule has 3 aromatic rings. The Bertz CT molecular complexity index is 1070. The predicted octanol–water partition coefficient (Wildman–Crippen LogP) is 2.69. The Balaban J connectivity index is 1.90. The van der Waals surface area contributed by atoms with Crippen LogP contribution in [0.4, 0.5) is 17.5 Å². The molecule has 1 unspecified atom stereocenters. The lowest BCUT2D eigenvalue weighted by Crippen LogP contribution is -2.37. The molecule has 0 fully saturated rings. The van der Waals surface area contributed by atoms with Crippen molar-refractivity contribution in [1.29, 1.82) is 0 Å². The van der Waals surface area contributed by atoms with Crippen molar-refractivity contribution >= 4 is 29.3 Å². The van der Waals surface area contributed by atoms with Gasteiger partial charge in [0, 0.05) is 29.8 Å². The van der Waals surface area contributed by atoms with E-state index in [0.717, 1.165) is 11.1 Å². The number of anilines is 3. The van der Waals surface area contributed by atoms with Crippen molar-refractivity contribution in [2.75, 3.05) is 10.6 Å². The number of rotatable bonds is 9. The Labute approximate surface area is 180 Å². The highest BCUT2D eigenvalue weighted by Gasteiger charge is 2.19. The van der Waals surface area contributed by atoms with Crippen molar-refractivity contribution in [3.05, 3.63) is 60.6 Å². The molecule has 3 rings (SSSR count). The Kier molecular flexibility index (Phi) is 6.76. The first-order valence-electron chi connectivity index (χ1n) is 9.83. The fourth-order valence-electron chi connectivity index (χ4n) is 3.05. The van der Waals surface area contributed by atoms with Gasteiger partial charge in [0.1, 0.15) is 17.4 Å². The van der Waals surface area contributed by atoms with Gasteiger partial charge in [-0.25, -0.2) is 4.98 Å². The van der Waals surface area contributed by atoms with E-state index in [9.17, 15) is 9.59 Å². The van der Waals surface area contributed by atoms with Gasteiger partial charge in [-0.2, -0.15) is 4.98 Å². The molecule has 160 valence electrons. The molecular weight excluding hydrogens is 394 g/mol. The van der Waals surface area contributed by atoms with E-state index in [1.54, 1.807) is 12.4 Å². The van der Waals surface area contributed by atoms with Gasteiger partial charge in [0.25, 0.3) is 5.91 Å². The lowest BCUT2D eigenvalue weighted by Gasteiger charge is -2.18. The molecule has 1 aromatic carbocycles. The Morgan fingerprint density at radius 1 is 1.06 bits per heavy atom. The number of nitrogens with one attached hydrogen (secondary N) is 2. The molecule has 0 saturated carbocycles. The van der Waals surface area contributed by atoms with Gasteiger partial charge in [0.05, 0.1) is 0 Å². The van der Waals surface area contributed by atoms with Crippen LogP contribution in [0, 0.1) is 5.92 Å². The third kappa shape index (κ3) is 5.75. The van der Waals surface area contributed by atoms with Crippen LogP contribution in [0.5, 0.6) is 0 Å². The van der Waals surface area contributed by atoms with Crippen LogP contribution < -0.4 is 22.1 Å². The van der Waals surface area contributed by atoms with Crippen LogP contribution in [0.1, 0.15) is 30.6 Å². The number of carbonyl (C=O) groups is 2. The number of primary amides is 2. The van der Waals surface area contributed by atoms with E-state index in [2.05, 4.69) is 25.6 Å². The highest BCUT2D eigenvalue weighted by molar-refractivity contribution is 5.98. The Morgan fingerprint density at radius 2 is 1.84 bits per heavy atom. The topological polar surface area (TPSA) is 149 Å². The molecule has 0 saturated heterocycles. The monoisotopic (exact) mass is 419 g/mol. The van der Waals surface area contributed by atoms with Gasteiger partial charge >= 0.3 is 0 Å². The summed E-state index contributed by atoms with van der Waals surface area (Å²) in [7, 11) is 0. The quantitative estimate of drug-likeness (QED) is 0.416. The van der Waals surface area contributed by atoms with Crippen LogP contribution >= 0.6 is 0 Å². The van der Waals surface area contributed by atoms with E-state index in [1.165, 1.54) is 6.20 Å².